The number of esters is 6. The third kappa shape index (κ3) is 5.45. The zero-order valence-electron chi connectivity index (χ0n) is 29.6. The summed E-state index contributed by atoms with van der Waals surface area (Å²) in [6.45, 7) is 9.78. The number of hydrogen-bond acceptors (Lipinski definition) is 12. The van der Waals surface area contributed by atoms with Gasteiger partial charge in [0, 0.05) is 10.8 Å². The molecule has 0 amide bonds. The second-order valence-electron chi connectivity index (χ2n) is 11.6. The van der Waals surface area contributed by atoms with Crippen molar-refractivity contribution in [2.24, 2.45) is 0 Å². The Hall–Kier alpha value is -6.04. The highest BCUT2D eigenvalue weighted by Gasteiger charge is 2.35. The Labute approximate surface area is 297 Å². The van der Waals surface area contributed by atoms with Crippen molar-refractivity contribution in [2.75, 3.05) is 39.6 Å². The quantitative estimate of drug-likeness (QED) is 0.0538. The van der Waals surface area contributed by atoms with E-state index in [2.05, 4.69) is 0 Å². The molecule has 268 valence electrons. The van der Waals surface area contributed by atoms with Crippen molar-refractivity contribution in [3.63, 3.8) is 0 Å². The maximum Gasteiger partial charge on any atom is 0.339 e. The first-order valence-corrected chi connectivity index (χ1v) is 17.2. The largest absolute Gasteiger partial charge is 0.462 e. The van der Waals surface area contributed by atoms with Gasteiger partial charge in [-0.1, -0.05) is 12.1 Å². The molecule has 6 aromatic carbocycles. The predicted octanol–water partition coefficient (Wildman–Crippen LogP) is 7.39. The number of fused-ring (bicyclic) bond motifs is 1. The van der Waals surface area contributed by atoms with Crippen LogP contribution in [0.2, 0.25) is 0 Å². The van der Waals surface area contributed by atoms with E-state index in [1.54, 1.807) is 53.7 Å². The average molecular weight is 709 g/mol. The molecule has 0 aliphatic carbocycles. The zero-order chi connectivity index (χ0) is 37.4. The lowest BCUT2D eigenvalue weighted by atomic mass is 9.78. The van der Waals surface area contributed by atoms with Gasteiger partial charge < -0.3 is 28.4 Å². The van der Waals surface area contributed by atoms with Gasteiger partial charge in [0.15, 0.2) is 0 Å². The average Bonchev–Trinajstić information content (AvgIpc) is 3.12. The highest BCUT2D eigenvalue weighted by Crippen LogP contribution is 2.50. The lowest BCUT2D eigenvalue weighted by Gasteiger charge is -2.25. The smallest absolute Gasteiger partial charge is 0.339 e. The summed E-state index contributed by atoms with van der Waals surface area (Å²) in [7, 11) is 0. The molecule has 6 rings (SSSR count). The summed E-state index contributed by atoms with van der Waals surface area (Å²) in [5.41, 5.74) is -0.419. The first-order chi connectivity index (χ1) is 25.1. The van der Waals surface area contributed by atoms with Crippen LogP contribution in [0.1, 0.15) is 104 Å². The normalized spacial score (nSPS) is 11.4. The Bertz CT molecular complexity index is 2270. The van der Waals surface area contributed by atoms with Crippen molar-refractivity contribution >= 4 is 89.7 Å². The molecule has 0 radical (unpaired) electrons. The summed E-state index contributed by atoms with van der Waals surface area (Å²) in [5.74, 6) is -4.76. The van der Waals surface area contributed by atoms with E-state index in [0.717, 1.165) is 0 Å². The molecule has 0 saturated carbocycles. The monoisotopic (exact) mass is 708 g/mol. The number of benzene rings is 6. The summed E-state index contributed by atoms with van der Waals surface area (Å²) >= 11 is 0. The highest BCUT2D eigenvalue weighted by molar-refractivity contribution is 6.46. The lowest BCUT2D eigenvalue weighted by molar-refractivity contribution is 0.0482. The van der Waals surface area contributed by atoms with E-state index in [1.807, 2.05) is 0 Å². The SMILES string of the molecule is CCOC(=O)c1c(C(=O)OCC)c2cc(C(=O)OCC)c3c(C(=O)OCC)ccc4c5ccc(C(=O)OCC)c6c(C(=O)OCC)cc1c(c65)c2c34. The van der Waals surface area contributed by atoms with Crippen LogP contribution in [0, 0.1) is 0 Å². The molecule has 0 fully saturated rings. The molecule has 0 heterocycles. The van der Waals surface area contributed by atoms with E-state index >= 15 is 0 Å². The third-order valence-electron chi connectivity index (χ3n) is 8.83. The molecule has 12 heteroatoms. The first-order valence-electron chi connectivity index (χ1n) is 17.2. The Morgan fingerprint density at radius 2 is 0.615 bits per heavy atom. The molecule has 12 nitrogen and oxygen atoms in total. The van der Waals surface area contributed by atoms with Gasteiger partial charge in [-0.05, 0) is 109 Å². The summed E-state index contributed by atoms with van der Waals surface area (Å²) < 4.78 is 32.8. The molecule has 0 aromatic heterocycles. The van der Waals surface area contributed by atoms with Crippen LogP contribution in [0.4, 0.5) is 0 Å². The van der Waals surface area contributed by atoms with E-state index in [9.17, 15) is 28.8 Å². The van der Waals surface area contributed by atoms with Crippen LogP contribution >= 0.6 is 0 Å². The van der Waals surface area contributed by atoms with Crippen LogP contribution < -0.4 is 0 Å². The van der Waals surface area contributed by atoms with Gasteiger partial charge in [0.05, 0.1) is 73.0 Å². The number of hydrogen-bond donors (Lipinski definition) is 0. The maximum absolute atomic E-state index is 14.1. The molecule has 0 aliphatic rings. The zero-order valence-corrected chi connectivity index (χ0v) is 29.6. The van der Waals surface area contributed by atoms with Gasteiger partial charge in [0.2, 0.25) is 0 Å². The van der Waals surface area contributed by atoms with Gasteiger partial charge in [-0.15, -0.1) is 0 Å². The molecule has 52 heavy (non-hydrogen) atoms. The topological polar surface area (TPSA) is 158 Å². The minimum absolute atomic E-state index is 0.0000522. The van der Waals surface area contributed by atoms with Crippen molar-refractivity contribution in [3.05, 3.63) is 69.8 Å². The fourth-order valence-corrected chi connectivity index (χ4v) is 7.09. The standard InChI is InChI=1S/C40H36O12/c1-7-47-35(41)21-15-13-19-20-14-16-22(36(42)48-8-2)28-26(38(44)50-10-4)18-24-32(30(20)28)31-23(17-25(27(21)29(19)31)37(43)49-9-3)33(39(45)51-11-5)34(24)40(46)52-12-6/h13-18H,7-12H2,1-6H3. The van der Waals surface area contributed by atoms with E-state index in [-0.39, 0.29) is 94.6 Å². The predicted molar refractivity (Wildman–Crippen MR) is 192 cm³/mol. The molecule has 0 aliphatic heterocycles. The van der Waals surface area contributed by atoms with Crippen LogP contribution in [-0.4, -0.2) is 75.5 Å². The number of carbonyl (C=O) groups is 6. The molecule has 0 spiro atoms. The van der Waals surface area contributed by atoms with Crippen LogP contribution in [0.5, 0.6) is 0 Å². The Morgan fingerprint density at radius 3 is 0.923 bits per heavy atom. The minimum Gasteiger partial charge on any atom is -0.462 e. The van der Waals surface area contributed by atoms with E-state index < -0.39 is 35.8 Å². The molecule has 0 unspecified atom stereocenters. The van der Waals surface area contributed by atoms with Crippen molar-refractivity contribution in [2.45, 2.75) is 41.5 Å². The van der Waals surface area contributed by atoms with E-state index in [1.165, 1.54) is 24.3 Å². The minimum atomic E-state index is -0.895. The van der Waals surface area contributed by atoms with Crippen molar-refractivity contribution in [1.82, 2.24) is 0 Å². The number of ether oxygens (including phenoxy) is 6. The molecule has 0 bridgehead atoms. The maximum atomic E-state index is 14.1. The Morgan fingerprint density at radius 1 is 0.346 bits per heavy atom. The van der Waals surface area contributed by atoms with E-state index in [4.69, 9.17) is 28.4 Å². The van der Waals surface area contributed by atoms with Gasteiger partial charge >= 0.3 is 35.8 Å². The van der Waals surface area contributed by atoms with Gasteiger partial charge in [-0.2, -0.15) is 0 Å². The Balaban J connectivity index is 2.04. The van der Waals surface area contributed by atoms with Crippen LogP contribution in [0.25, 0.3) is 53.9 Å². The molecular weight excluding hydrogens is 672 g/mol. The van der Waals surface area contributed by atoms with Gasteiger partial charge in [0.25, 0.3) is 0 Å². The van der Waals surface area contributed by atoms with Gasteiger partial charge in [-0.3, -0.25) is 0 Å². The van der Waals surface area contributed by atoms with Gasteiger partial charge in [0.1, 0.15) is 0 Å². The van der Waals surface area contributed by atoms with E-state index in [0.29, 0.717) is 32.3 Å². The summed E-state index contributed by atoms with van der Waals surface area (Å²) in [6, 6.07) is 9.23. The van der Waals surface area contributed by atoms with Crippen LogP contribution in [0.3, 0.4) is 0 Å². The van der Waals surface area contributed by atoms with Crippen molar-refractivity contribution < 1.29 is 57.2 Å². The Kier molecular flexibility index (Phi) is 9.83. The van der Waals surface area contributed by atoms with Crippen LogP contribution in [-0.2, 0) is 28.4 Å². The molecule has 0 saturated heterocycles. The highest BCUT2D eigenvalue weighted by atomic mass is 16.6. The summed E-state index contributed by atoms with van der Waals surface area (Å²) in [4.78, 5) is 82.9. The van der Waals surface area contributed by atoms with Crippen LogP contribution in [0.15, 0.2) is 36.4 Å². The molecule has 0 N–H and O–H groups in total. The summed E-state index contributed by atoms with van der Waals surface area (Å²) in [5, 5.41) is 3.18. The third-order valence-corrected chi connectivity index (χ3v) is 8.83. The number of rotatable bonds is 12. The van der Waals surface area contributed by atoms with Gasteiger partial charge in [-0.25, -0.2) is 28.8 Å². The fourth-order valence-electron chi connectivity index (χ4n) is 7.09. The second-order valence-corrected chi connectivity index (χ2v) is 11.6. The van der Waals surface area contributed by atoms with Crippen molar-refractivity contribution in [3.8, 4) is 0 Å². The second kappa shape index (κ2) is 14.3. The first kappa shape index (κ1) is 35.8. The molecule has 6 aromatic rings. The molecular formula is C40H36O12. The fraction of sp³-hybridized carbons (Fsp3) is 0.300. The van der Waals surface area contributed by atoms with Crippen molar-refractivity contribution in [1.29, 1.82) is 0 Å². The lowest BCUT2D eigenvalue weighted by Crippen LogP contribution is -2.18. The summed E-state index contributed by atoms with van der Waals surface area (Å²) in [6.07, 6.45) is 0. The number of carbonyl (C=O) groups excluding carboxylic acids is 6. The molecule has 0 atom stereocenters.